The van der Waals surface area contributed by atoms with Crippen LogP contribution in [-0.4, -0.2) is 169 Å². The molecule has 0 aromatic carbocycles. The van der Waals surface area contributed by atoms with Crippen molar-refractivity contribution < 1.29 is 38.4 Å². The first-order valence-corrected chi connectivity index (χ1v) is 25.8. The van der Waals surface area contributed by atoms with Crippen molar-refractivity contribution in [2.45, 2.75) is 194 Å². The molecule has 0 aromatic heterocycles. The van der Waals surface area contributed by atoms with Crippen LogP contribution < -0.4 is 31.9 Å². The van der Waals surface area contributed by atoms with Gasteiger partial charge in [0.05, 0.1) is 12.1 Å². The average Bonchev–Trinajstić information content (AvgIpc) is 4.03. The first-order valence-electron chi connectivity index (χ1n) is 25.8. The molecule has 68 heavy (non-hydrogen) atoms. The zero-order valence-electron chi connectivity index (χ0n) is 43.0. The summed E-state index contributed by atoms with van der Waals surface area (Å²) in [7, 11) is 3.35. The largest absolute Gasteiger partial charge is 0.342 e. The van der Waals surface area contributed by atoms with Gasteiger partial charge in [-0.1, -0.05) is 80.1 Å². The molecule has 2 aliphatic carbocycles. The van der Waals surface area contributed by atoms with Crippen LogP contribution in [0.15, 0.2) is 0 Å². The van der Waals surface area contributed by atoms with Crippen molar-refractivity contribution in [2.75, 3.05) is 53.4 Å². The molecule has 0 radical (unpaired) electrons. The number of nitrogens with zero attached hydrogens (tertiary/aromatic N) is 4. The minimum atomic E-state index is -0.860. The number of rotatable bonds is 16. The van der Waals surface area contributed by atoms with Crippen LogP contribution in [0.1, 0.15) is 145 Å². The Kier molecular flexibility index (Phi) is 19.3. The summed E-state index contributed by atoms with van der Waals surface area (Å²) in [6.07, 6.45) is 11.2. The van der Waals surface area contributed by atoms with E-state index in [0.29, 0.717) is 38.8 Å². The van der Waals surface area contributed by atoms with E-state index in [0.717, 1.165) is 64.2 Å². The molecule has 18 nitrogen and oxygen atoms in total. The summed E-state index contributed by atoms with van der Waals surface area (Å²) in [6, 6.07) is -5.89. The molecule has 384 valence electrons. The van der Waals surface area contributed by atoms with Crippen LogP contribution in [0.4, 0.5) is 0 Å². The van der Waals surface area contributed by atoms with Crippen LogP contribution in [0.3, 0.4) is 0 Å². The summed E-state index contributed by atoms with van der Waals surface area (Å²) >= 11 is 0. The lowest BCUT2D eigenvalue weighted by Gasteiger charge is -2.41. The van der Waals surface area contributed by atoms with Crippen molar-refractivity contribution in [3.63, 3.8) is 0 Å². The topological polar surface area (TPSA) is 222 Å². The third-order valence-corrected chi connectivity index (χ3v) is 15.4. The molecule has 3 saturated heterocycles. The zero-order chi connectivity index (χ0) is 50.1. The fourth-order valence-electron chi connectivity index (χ4n) is 10.8. The van der Waals surface area contributed by atoms with E-state index in [2.05, 4.69) is 31.9 Å². The Morgan fingerprint density at radius 2 is 0.750 bits per heavy atom. The third-order valence-electron chi connectivity index (χ3n) is 15.4. The van der Waals surface area contributed by atoms with Crippen LogP contribution in [0.25, 0.3) is 0 Å². The molecule has 18 heteroatoms. The second-order valence-corrected chi connectivity index (χ2v) is 22.4. The summed E-state index contributed by atoms with van der Waals surface area (Å²) in [6.45, 7) is 16.5. The van der Waals surface area contributed by atoms with Crippen molar-refractivity contribution in [3.8, 4) is 0 Å². The summed E-state index contributed by atoms with van der Waals surface area (Å²) in [5, 5.41) is 18.0. The van der Waals surface area contributed by atoms with Crippen LogP contribution >= 0.6 is 0 Å². The van der Waals surface area contributed by atoms with Gasteiger partial charge in [-0.05, 0) is 102 Å². The maximum atomic E-state index is 14.6. The minimum absolute atomic E-state index is 0.0742. The smallest absolute Gasteiger partial charge is 0.246 e. The van der Waals surface area contributed by atoms with Crippen molar-refractivity contribution in [1.29, 1.82) is 0 Å². The van der Waals surface area contributed by atoms with Crippen molar-refractivity contribution in [2.24, 2.45) is 22.7 Å². The number of piperazine rings is 1. The Bertz CT molecular complexity index is 1670. The van der Waals surface area contributed by atoms with Gasteiger partial charge in [-0.25, -0.2) is 0 Å². The van der Waals surface area contributed by atoms with Gasteiger partial charge in [0.1, 0.15) is 36.3 Å². The highest BCUT2D eigenvalue weighted by Crippen LogP contribution is 2.32. The van der Waals surface area contributed by atoms with Gasteiger partial charge in [-0.2, -0.15) is 0 Å². The van der Waals surface area contributed by atoms with Gasteiger partial charge in [-0.3, -0.25) is 38.4 Å². The Morgan fingerprint density at radius 1 is 0.426 bits per heavy atom. The molecule has 1 unspecified atom stereocenters. The van der Waals surface area contributed by atoms with E-state index in [-0.39, 0.29) is 85.3 Å². The number of hydrogen-bond donors (Lipinski definition) is 6. The van der Waals surface area contributed by atoms with E-state index < -0.39 is 59.2 Å². The monoisotopic (exact) mass is 955 g/mol. The highest BCUT2D eigenvalue weighted by molar-refractivity contribution is 5.97. The number of amides is 8. The minimum Gasteiger partial charge on any atom is -0.342 e. The van der Waals surface area contributed by atoms with Gasteiger partial charge in [0, 0.05) is 39.3 Å². The summed E-state index contributed by atoms with van der Waals surface area (Å²) in [5.41, 5.74) is -1.26. The second kappa shape index (κ2) is 24.0. The normalized spacial score (nSPS) is 23.7. The van der Waals surface area contributed by atoms with Crippen molar-refractivity contribution in [1.82, 2.24) is 51.5 Å². The molecule has 5 rings (SSSR count). The molecule has 8 atom stereocenters. The Balaban J connectivity index is 1.27. The van der Waals surface area contributed by atoms with Gasteiger partial charge >= 0.3 is 0 Å². The summed E-state index contributed by atoms with van der Waals surface area (Å²) in [4.78, 5) is 119. The quantitative estimate of drug-likeness (QED) is 0.132. The maximum absolute atomic E-state index is 14.6. The zero-order valence-corrected chi connectivity index (χ0v) is 43.0. The van der Waals surface area contributed by atoms with Gasteiger partial charge in [0.15, 0.2) is 0 Å². The molecular weight excluding hydrogens is 869 g/mol. The number of likely N-dealkylation sites (tertiary alicyclic amines) is 2. The molecule has 0 aromatic rings. The highest BCUT2D eigenvalue weighted by Gasteiger charge is 2.47. The Morgan fingerprint density at radius 3 is 1.04 bits per heavy atom. The van der Waals surface area contributed by atoms with Crippen LogP contribution in [-0.2, 0) is 38.4 Å². The lowest BCUT2D eigenvalue weighted by atomic mass is 9.82. The van der Waals surface area contributed by atoms with Crippen LogP contribution in [0.5, 0.6) is 0 Å². The fourth-order valence-corrected chi connectivity index (χ4v) is 10.8. The number of hydrogen-bond acceptors (Lipinski definition) is 10. The molecule has 0 bridgehead atoms. The first kappa shape index (κ1) is 54.6. The highest BCUT2D eigenvalue weighted by atomic mass is 16.2. The predicted octanol–water partition coefficient (Wildman–Crippen LogP) is 2.05. The second-order valence-electron chi connectivity index (χ2n) is 22.4. The molecule has 5 fully saturated rings. The Labute approximate surface area is 405 Å². The number of nitrogens with one attached hydrogen (secondary N) is 6. The molecule has 8 amide bonds. The lowest BCUT2D eigenvalue weighted by Crippen LogP contribution is -2.63. The molecule has 6 N–H and O–H groups in total. The molecule has 0 spiro atoms. The molecule has 2 saturated carbocycles. The number of carbonyl (C=O) groups excluding carboxylic acids is 8. The van der Waals surface area contributed by atoms with Crippen molar-refractivity contribution in [3.05, 3.63) is 0 Å². The van der Waals surface area contributed by atoms with Gasteiger partial charge in [-0.15, -0.1) is 0 Å². The lowest BCUT2D eigenvalue weighted by molar-refractivity contribution is -0.148. The molecule has 3 heterocycles. The van der Waals surface area contributed by atoms with E-state index in [1.54, 1.807) is 47.5 Å². The number of carbonyl (C=O) groups is 8. The van der Waals surface area contributed by atoms with E-state index in [9.17, 15) is 38.4 Å². The van der Waals surface area contributed by atoms with E-state index in [1.165, 1.54) is 0 Å². The maximum Gasteiger partial charge on any atom is 0.246 e. The van der Waals surface area contributed by atoms with Gasteiger partial charge < -0.3 is 51.5 Å². The molecular formula is C50H86N10O8. The van der Waals surface area contributed by atoms with Crippen LogP contribution in [0.2, 0.25) is 0 Å². The molecule has 5 aliphatic rings. The summed E-state index contributed by atoms with van der Waals surface area (Å²) in [5.74, 6) is -2.53. The van der Waals surface area contributed by atoms with E-state index in [1.807, 2.05) is 41.5 Å². The third kappa shape index (κ3) is 13.5. The predicted molar refractivity (Wildman–Crippen MR) is 259 cm³/mol. The number of likely N-dealkylation sites (N-methyl/N-ethyl adjacent to an activating group) is 2. The van der Waals surface area contributed by atoms with Crippen LogP contribution in [0, 0.1) is 22.7 Å². The van der Waals surface area contributed by atoms with Gasteiger partial charge in [0.25, 0.3) is 0 Å². The van der Waals surface area contributed by atoms with E-state index in [4.69, 9.17) is 0 Å². The Hall–Kier alpha value is -4.32. The fraction of sp³-hybridized carbons (Fsp3) is 0.840. The standard InChI is InChI=1S/C50H86N10O8/c1-31(51-9)41(61)55-39(49(3,4)5)47(67)59-25-17-23-35(59)43(63)53-37(33-19-13-11-14-20-33)45(65)57-27-29-58(30-28-57)46(66)38(34-21-15-12-16-22-34)54-44(64)36-24-18-26-60(36)48(68)40(50(6,7)8)56-42(62)32(2)52-10/h31-40,51-52H,11-30H2,1-10H3,(H,53,63)(H,54,64)(H,55,61)(H,56,62)/t31-,32-,35-,36-,37-,38?,39+,40+/m0/s1. The molecule has 3 aliphatic heterocycles. The van der Waals surface area contributed by atoms with Gasteiger partial charge in [0.2, 0.25) is 47.3 Å². The first-order chi connectivity index (χ1) is 32.1. The average molecular weight is 955 g/mol. The van der Waals surface area contributed by atoms with E-state index >= 15 is 0 Å². The summed E-state index contributed by atoms with van der Waals surface area (Å²) < 4.78 is 0. The van der Waals surface area contributed by atoms with Crippen molar-refractivity contribution >= 4 is 47.3 Å². The SMILES string of the molecule is CN[C@@H](C)C(=O)N[C@H](C(=O)N1CCC[C@H]1C(=O)NC(C(=O)N1CCN(C(=O)[C@@H](NC(=O)[C@@H]2CCCN2C(=O)[C@@H](NC(=O)[C@H](C)NC)C(C)(C)C)C2CCCCC2)CC1)C1CCCCC1)C(C)(C)C.